The highest BCUT2D eigenvalue weighted by atomic mass is 31.2. The number of benzene rings is 1. The summed E-state index contributed by atoms with van der Waals surface area (Å²) in [7, 11) is -4.64. The summed E-state index contributed by atoms with van der Waals surface area (Å²) in [4.78, 5) is 21.6. The van der Waals surface area contributed by atoms with Crippen LogP contribution in [0.1, 0.15) is 50.7 Å². The van der Waals surface area contributed by atoms with E-state index in [1.54, 1.807) is 11.1 Å². The molecule has 4 nitrogen and oxygen atoms in total. The van der Waals surface area contributed by atoms with Gasteiger partial charge in [-0.15, -0.1) is 0 Å². The standard InChI is InChI=1S/C14H22.H3O4P/c1-3-5-9-13-11-7-8-12-14(13)10-6-4-2;1-5(2,3)4/h7-8,11-12H,3-6,9-10H2,1-2H3;(H3,1,2,3,4). The van der Waals surface area contributed by atoms with E-state index in [9.17, 15) is 0 Å². The highest BCUT2D eigenvalue weighted by Gasteiger charge is 2.00. The molecule has 1 aromatic rings. The maximum atomic E-state index is 8.88. The van der Waals surface area contributed by atoms with Gasteiger partial charge in [-0.1, -0.05) is 51.0 Å². The number of phosphoric acid groups is 1. The molecule has 0 radical (unpaired) electrons. The van der Waals surface area contributed by atoms with Gasteiger partial charge in [0.2, 0.25) is 0 Å². The Morgan fingerprint density at radius 1 is 0.895 bits per heavy atom. The summed E-state index contributed by atoms with van der Waals surface area (Å²) >= 11 is 0. The number of hydrogen-bond donors (Lipinski definition) is 3. The quantitative estimate of drug-likeness (QED) is 0.701. The largest absolute Gasteiger partial charge is 0.466 e. The average molecular weight is 288 g/mol. The van der Waals surface area contributed by atoms with Crippen LogP contribution in [0.3, 0.4) is 0 Å². The van der Waals surface area contributed by atoms with Crippen molar-refractivity contribution < 1.29 is 19.2 Å². The van der Waals surface area contributed by atoms with Crippen molar-refractivity contribution in [1.29, 1.82) is 0 Å². The maximum Gasteiger partial charge on any atom is 0.466 e. The van der Waals surface area contributed by atoms with Gasteiger partial charge in [0.25, 0.3) is 0 Å². The van der Waals surface area contributed by atoms with Crippen molar-refractivity contribution in [1.82, 2.24) is 0 Å². The Kier molecular flexibility index (Phi) is 9.80. The Bertz CT molecular complexity index is 352. The Hall–Kier alpha value is -0.670. The summed E-state index contributed by atoms with van der Waals surface area (Å²) in [6.45, 7) is 4.52. The number of unbranched alkanes of at least 4 members (excludes halogenated alkanes) is 2. The van der Waals surface area contributed by atoms with Crippen molar-refractivity contribution in [2.45, 2.75) is 52.4 Å². The molecule has 0 aliphatic carbocycles. The van der Waals surface area contributed by atoms with E-state index in [0.717, 1.165) is 0 Å². The van der Waals surface area contributed by atoms with E-state index >= 15 is 0 Å². The van der Waals surface area contributed by atoms with Gasteiger partial charge in [0.1, 0.15) is 0 Å². The molecule has 0 amide bonds. The molecule has 0 aliphatic heterocycles. The SMILES string of the molecule is CCCCc1ccccc1CCCC.O=P(O)(O)O. The molecule has 0 bridgehead atoms. The molecule has 0 heterocycles. The van der Waals surface area contributed by atoms with Gasteiger partial charge in [-0.05, 0) is 36.8 Å². The number of rotatable bonds is 6. The lowest BCUT2D eigenvalue weighted by molar-refractivity contribution is 0.275. The first-order valence-corrected chi connectivity index (χ1v) is 8.30. The predicted molar refractivity (Wildman–Crippen MR) is 77.9 cm³/mol. The normalized spacial score (nSPS) is 10.8. The lowest BCUT2D eigenvalue weighted by atomic mass is 9.98. The fourth-order valence-electron chi connectivity index (χ4n) is 1.78. The van der Waals surface area contributed by atoms with Crippen LogP contribution >= 0.6 is 7.82 Å². The Morgan fingerprint density at radius 2 is 1.21 bits per heavy atom. The average Bonchev–Trinajstić information content (AvgIpc) is 2.32. The van der Waals surface area contributed by atoms with Crippen LogP contribution in [0.25, 0.3) is 0 Å². The molecule has 0 saturated heterocycles. The summed E-state index contributed by atoms with van der Waals surface area (Å²) in [5.74, 6) is 0. The highest BCUT2D eigenvalue weighted by Crippen LogP contribution is 2.25. The van der Waals surface area contributed by atoms with Gasteiger partial charge in [0.15, 0.2) is 0 Å². The molecular weight excluding hydrogens is 263 g/mol. The molecule has 0 unspecified atom stereocenters. The molecule has 0 aromatic heterocycles. The first-order valence-electron chi connectivity index (χ1n) is 6.73. The van der Waals surface area contributed by atoms with E-state index in [1.807, 2.05) is 0 Å². The van der Waals surface area contributed by atoms with Gasteiger partial charge in [0, 0.05) is 0 Å². The minimum Gasteiger partial charge on any atom is -0.303 e. The van der Waals surface area contributed by atoms with Crippen molar-refractivity contribution in [3.8, 4) is 0 Å². The monoisotopic (exact) mass is 288 g/mol. The topological polar surface area (TPSA) is 77.8 Å². The fourth-order valence-corrected chi connectivity index (χ4v) is 1.78. The minimum atomic E-state index is -4.64. The van der Waals surface area contributed by atoms with E-state index < -0.39 is 7.82 Å². The lowest BCUT2D eigenvalue weighted by Gasteiger charge is -2.07. The van der Waals surface area contributed by atoms with Crippen LogP contribution in [0, 0.1) is 0 Å². The van der Waals surface area contributed by atoms with E-state index in [-0.39, 0.29) is 0 Å². The van der Waals surface area contributed by atoms with Gasteiger partial charge in [-0.3, -0.25) is 0 Å². The maximum absolute atomic E-state index is 8.88. The van der Waals surface area contributed by atoms with E-state index in [4.69, 9.17) is 19.2 Å². The van der Waals surface area contributed by atoms with Crippen LogP contribution in [-0.2, 0) is 17.4 Å². The first kappa shape index (κ1) is 18.3. The molecule has 0 atom stereocenters. The highest BCUT2D eigenvalue weighted by molar-refractivity contribution is 7.45. The zero-order valence-electron chi connectivity index (χ0n) is 11.7. The second-order valence-electron chi connectivity index (χ2n) is 4.49. The van der Waals surface area contributed by atoms with Crippen LogP contribution in [0.4, 0.5) is 0 Å². The zero-order valence-corrected chi connectivity index (χ0v) is 12.6. The van der Waals surface area contributed by atoms with Crippen molar-refractivity contribution >= 4 is 7.82 Å². The third-order valence-corrected chi connectivity index (χ3v) is 2.72. The van der Waals surface area contributed by atoms with Gasteiger partial charge in [0.05, 0.1) is 0 Å². The van der Waals surface area contributed by atoms with Gasteiger partial charge in [-0.25, -0.2) is 4.57 Å². The summed E-state index contributed by atoms with van der Waals surface area (Å²) in [6.07, 6.45) is 7.75. The van der Waals surface area contributed by atoms with E-state index in [0.29, 0.717) is 0 Å². The Morgan fingerprint density at radius 3 is 1.47 bits per heavy atom. The Labute approximate surface area is 115 Å². The van der Waals surface area contributed by atoms with Crippen molar-refractivity contribution in [2.24, 2.45) is 0 Å². The second kappa shape index (κ2) is 10.2. The first-order chi connectivity index (χ1) is 8.88. The zero-order chi connectivity index (χ0) is 14.7. The van der Waals surface area contributed by atoms with Crippen molar-refractivity contribution in [2.75, 3.05) is 0 Å². The predicted octanol–water partition coefficient (Wildman–Crippen LogP) is 3.44. The molecule has 110 valence electrons. The van der Waals surface area contributed by atoms with Crippen LogP contribution in [0.2, 0.25) is 0 Å². The molecule has 0 spiro atoms. The fraction of sp³-hybridized carbons (Fsp3) is 0.571. The molecule has 0 aliphatic rings. The second-order valence-corrected chi connectivity index (χ2v) is 5.52. The molecular formula is C14H25O4P. The van der Waals surface area contributed by atoms with Gasteiger partial charge >= 0.3 is 7.82 Å². The molecule has 19 heavy (non-hydrogen) atoms. The molecule has 1 rings (SSSR count). The summed E-state index contributed by atoms with van der Waals surface area (Å²) in [6, 6.07) is 8.92. The van der Waals surface area contributed by atoms with Crippen LogP contribution in [-0.4, -0.2) is 14.7 Å². The van der Waals surface area contributed by atoms with E-state index in [1.165, 1.54) is 38.5 Å². The van der Waals surface area contributed by atoms with Crippen molar-refractivity contribution in [3.63, 3.8) is 0 Å². The number of aryl methyl sites for hydroxylation is 2. The summed E-state index contributed by atoms with van der Waals surface area (Å²) in [5, 5.41) is 0. The molecule has 1 aromatic carbocycles. The van der Waals surface area contributed by atoms with Crippen LogP contribution in [0.5, 0.6) is 0 Å². The third-order valence-electron chi connectivity index (χ3n) is 2.72. The summed E-state index contributed by atoms with van der Waals surface area (Å²) < 4.78 is 8.88. The lowest BCUT2D eigenvalue weighted by Crippen LogP contribution is -1.94. The Balaban J connectivity index is 0.000000555. The third kappa shape index (κ3) is 12.1. The van der Waals surface area contributed by atoms with Crippen LogP contribution < -0.4 is 0 Å². The van der Waals surface area contributed by atoms with E-state index in [2.05, 4.69) is 38.1 Å². The molecule has 0 fully saturated rings. The van der Waals surface area contributed by atoms with Crippen molar-refractivity contribution in [3.05, 3.63) is 35.4 Å². The van der Waals surface area contributed by atoms with Gasteiger partial charge < -0.3 is 14.7 Å². The van der Waals surface area contributed by atoms with Crippen LogP contribution in [0.15, 0.2) is 24.3 Å². The smallest absolute Gasteiger partial charge is 0.303 e. The number of hydrogen-bond acceptors (Lipinski definition) is 1. The summed E-state index contributed by atoms with van der Waals surface area (Å²) in [5.41, 5.74) is 3.14. The molecule has 3 N–H and O–H groups in total. The molecule has 5 heteroatoms. The van der Waals surface area contributed by atoms with Gasteiger partial charge in [-0.2, -0.15) is 0 Å². The minimum absolute atomic E-state index is 1.26. The molecule has 0 saturated carbocycles.